The first-order valence-corrected chi connectivity index (χ1v) is 9.50. The minimum absolute atomic E-state index is 0.632. The number of aromatic amines is 1. The Labute approximate surface area is 157 Å². The third-order valence-corrected chi connectivity index (χ3v) is 5.72. The van der Waals surface area contributed by atoms with Crippen LogP contribution >= 0.6 is 0 Å². The van der Waals surface area contributed by atoms with Gasteiger partial charge in [0.1, 0.15) is 0 Å². The molecule has 4 aromatic rings. The van der Waals surface area contributed by atoms with Crippen molar-refractivity contribution in [2.24, 2.45) is 0 Å². The maximum Gasteiger partial charge on any atom is 0.0744 e. The highest BCUT2D eigenvalue weighted by Crippen LogP contribution is 2.38. The van der Waals surface area contributed by atoms with E-state index in [0.29, 0.717) is 5.69 Å². The van der Waals surface area contributed by atoms with E-state index in [-0.39, 0.29) is 0 Å². The summed E-state index contributed by atoms with van der Waals surface area (Å²) >= 11 is 0. The Morgan fingerprint density at radius 1 is 1.07 bits per heavy atom. The minimum atomic E-state index is 0.632. The van der Waals surface area contributed by atoms with E-state index in [1.165, 1.54) is 52.2 Å². The molecule has 1 aliphatic carbocycles. The Morgan fingerprint density at radius 2 is 1.89 bits per heavy atom. The zero-order valence-electron chi connectivity index (χ0n) is 15.4. The van der Waals surface area contributed by atoms with E-state index in [2.05, 4.69) is 30.1 Å². The number of nitrogens with one attached hydrogen (secondary N) is 2. The molecule has 0 amide bonds. The monoisotopic (exact) mass is 354 g/mol. The third-order valence-electron chi connectivity index (χ3n) is 5.72. The molecule has 27 heavy (non-hydrogen) atoms. The highest BCUT2D eigenvalue weighted by molar-refractivity contribution is 6.08. The van der Waals surface area contributed by atoms with Crippen LogP contribution in [-0.4, -0.2) is 16.2 Å². The molecule has 0 bridgehead atoms. The number of hydrogen-bond donors (Lipinski definition) is 3. The van der Waals surface area contributed by atoms with Crippen molar-refractivity contribution in [1.82, 2.24) is 9.97 Å². The van der Waals surface area contributed by atoms with Crippen molar-refractivity contribution < 1.29 is 0 Å². The second-order valence-electron chi connectivity index (χ2n) is 7.49. The molecule has 134 valence electrons. The fourth-order valence-corrected chi connectivity index (χ4v) is 4.46. The third kappa shape index (κ3) is 2.44. The fraction of sp³-hybridized carbons (Fsp3) is 0.217. The first-order chi connectivity index (χ1) is 13.2. The number of rotatable bonds is 2. The van der Waals surface area contributed by atoms with Crippen LogP contribution in [-0.2, 0) is 12.8 Å². The molecule has 2 aromatic heterocycles. The Kier molecular flexibility index (Phi) is 3.54. The second-order valence-corrected chi connectivity index (χ2v) is 7.49. The molecular weight excluding hydrogens is 332 g/mol. The van der Waals surface area contributed by atoms with Crippen LogP contribution in [0.4, 0.5) is 5.69 Å². The quantitative estimate of drug-likeness (QED) is 0.344. The van der Waals surface area contributed by atoms with Crippen LogP contribution in [0.15, 0.2) is 36.4 Å². The lowest BCUT2D eigenvalue weighted by atomic mass is 9.85. The van der Waals surface area contributed by atoms with Crippen molar-refractivity contribution in [3.8, 4) is 11.3 Å². The van der Waals surface area contributed by atoms with Crippen LogP contribution in [0, 0.1) is 12.3 Å². The number of fused-ring (bicyclic) bond motifs is 5. The molecule has 1 aliphatic rings. The lowest BCUT2D eigenvalue weighted by molar-refractivity contribution is 0.689. The topological polar surface area (TPSA) is 78.5 Å². The van der Waals surface area contributed by atoms with Crippen LogP contribution < -0.4 is 5.73 Å². The lowest BCUT2D eigenvalue weighted by Gasteiger charge is -2.22. The fourth-order valence-electron chi connectivity index (χ4n) is 4.46. The molecule has 5 rings (SSSR count). The van der Waals surface area contributed by atoms with Crippen LogP contribution in [0.25, 0.3) is 33.1 Å². The molecule has 0 atom stereocenters. The number of H-pyrrole nitrogens is 1. The molecule has 0 fully saturated rings. The predicted octanol–water partition coefficient (Wildman–Crippen LogP) is 5.15. The normalized spacial score (nSPS) is 13.8. The van der Waals surface area contributed by atoms with Crippen LogP contribution in [0.1, 0.15) is 35.2 Å². The molecule has 4 heteroatoms. The molecule has 0 aliphatic heterocycles. The molecule has 2 heterocycles. The van der Waals surface area contributed by atoms with Crippen LogP contribution in [0.5, 0.6) is 0 Å². The maximum atomic E-state index is 7.63. The highest BCUT2D eigenvalue weighted by Gasteiger charge is 2.21. The van der Waals surface area contributed by atoms with E-state index < -0.39 is 0 Å². The van der Waals surface area contributed by atoms with Crippen molar-refractivity contribution in [2.45, 2.75) is 32.6 Å². The first-order valence-electron chi connectivity index (χ1n) is 9.50. The minimum Gasteiger partial charge on any atom is -0.398 e. The van der Waals surface area contributed by atoms with E-state index in [1.807, 2.05) is 18.2 Å². The van der Waals surface area contributed by atoms with Gasteiger partial charge in [-0.05, 0) is 74.1 Å². The number of aromatic nitrogens is 2. The zero-order valence-corrected chi connectivity index (χ0v) is 15.4. The van der Waals surface area contributed by atoms with Gasteiger partial charge in [0.2, 0.25) is 0 Å². The molecule has 0 saturated carbocycles. The smallest absolute Gasteiger partial charge is 0.0744 e. The molecule has 0 spiro atoms. The SMILES string of the molecule is Cc1cc2c(ccc3nc(-c4ccc(N)c(C=N)c4)c4c(c32)CCCC4)[nH]1. The van der Waals surface area contributed by atoms with Gasteiger partial charge in [-0.1, -0.05) is 6.07 Å². The molecule has 0 unspecified atom stereocenters. The number of nitrogens with two attached hydrogens (primary N) is 1. The molecule has 4 N–H and O–H groups in total. The maximum absolute atomic E-state index is 7.63. The Balaban J connectivity index is 1.86. The van der Waals surface area contributed by atoms with Crippen molar-refractivity contribution in [3.63, 3.8) is 0 Å². The van der Waals surface area contributed by atoms with Gasteiger partial charge in [0.05, 0.1) is 11.2 Å². The van der Waals surface area contributed by atoms with Gasteiger partial charge < -0.3 is 16.1 Å². The number of nitrogens with zero attached hydrogens (tertiary/aromatic N) is 1. The van der Waals surface area contributed by atoms with Gasteiger partial charge in [0.25, 0.3) is 0 Å². The Bertz CT molecular complexity index is 1220. The van der Waals surface area contributed by atoms with E-state index in [1.54, 1.807) is 0 Å². The summed E-state index contributed by atoms with van der Waals surface area (Å²) in [6, 6.07) is 12.4. The number of anilines is 1. The standard InChI is InChI=1S/C23H22N4/c1-13-10-18-20(26-13)8-9-21-22(18)16-4-2-3-5-17(16)23(27-21)14-6-7-19(25)15(11-14)12-24/h6-12,24,26H,2-5,25H2,1H3. The first kappa shape index (κ1) is 16.1. The van der Waals surface area contributed by atoms with E-state index in [0.717, 1.165) is 35.2 Å². The van der Waals surface area contributed by atoms with Crippen LogP contribution in [0.3, 0.4) is 0 Å². The molecule has 0 radical (unpaired) electrons. The van der Waals surface area contributed by atoms with Gasteiger partial charge in [-0.2, -0.15) is 0 Å². The molecular formula is C23H22N4. The van der Waals surface area contributed by atoms with Gasteiger partial charge >= 0.3 is 0 Å². The van der Waals surface area contributed by atoms with E-state index in [9.17, 15) is 0 Å². The molecule has 4 nitrogen and oxygen atoms in total. The summed E-state index contributed by atoms with van der Waals surface area (Å²) in [6.07, 6.45) is 5.88. The zero-order chi connectivity index (χ0) is 18.5. The van der Waals surface area contributed by atoms with Gasteiger partial charge in [0.15, 0.2) is 0 Å². The number of nitrogen functional groups attached to an aromatic ring is 1. The summed E-state index contributed by atoms with van der Waals surface area (Å²) < 4.78 is 0. The average molecular weight is 354 g/mol. The van der Waals surface area contributed by atoms with Gasteiger partial charge in [0, 0.05) is 45.0 Å². The summed E-state index contributed by atoms with van der Waals surface area (Å²) in [7, 11) is 0. The largest absolute Gasteiger partial charge is 0.398 e. The second kappa shape index (κ2) is 5.95. The van der Waals surface area contributed by atoms with Crippen LogP contribution in [0.2, 0.25) is 0 Å². The summed E-state index contributed by atoms with van der Waals surface area (Å²) in [5.74, 6) is 0. The Morgan fingerprint density at radius 3 is 2.70 bits per heavy atom. The predicted molar refractivity (Wildman–Crippen MR) is 113 cm³/mol. The average Bonchev–Trinajstić information content (AvgIpc) is 3.08. The van der Waals surface area contributed by atoms with Crippen molar-refractivity contribution in [1.29, 1.82) is 5.41 Å². The lowest BCUT2D eigenvalue weighted by Crippen LogP contribution is -2.08. The number of hydrogen-bond acceptors (Lipinski definition) is 3. The highest BCUT2D eigenvalue weighted by atomic mass is 14.7. The molecule has 2 aromatic carbocycles. The van der Waals surface area contributed by atoms with E-state index in [4.69, 9.17) is 16.1 Å². The number of benzene rings is 2. The summed E-state index contributed by atoms with van der Waals surface area (Å²) in [5.41, 5.74) is 15.7. The number of pyridine rings is 1. The van der Waals surface area contributed by atoms with E-state index >= 15 is 0 Å². The number of aryl methyl sites for hydroxylation is 2. The summed E-state index contributed by atoms with van der Waals surface area (Å²) in [4.78, 5) is 8.55. The Hall–Kier alpha value is -3.14. The molecule has 0 saturated heterocycles. The summed E-state index contributed by atoms with van der Waals surface area (Å²) in [5, 5.41) is 10.2. The van der Waals surface area contributed by atoms with Gasteiger partial charge in [-0.15, -0.1) is 0 Å². The van der Waals surface area contributed by atoms with Gasteiger partial charge in [-0.25, -0.2) is 4.98 Å². The van der Waals surface area contributed by atoms with Crippen molar-refractivity contribution >= 4 is 33.7 Å². The van der Waals surface area contributed by atoms with Crippen molar-refractivity contribution in [2.75, 3.05) is 5.73 Å². The summed E-state index contributed by atoms with van der Waals surface area (Å²) in [6.45, 7) is 2.10. The van der Waals surface area contributed by atoms with Gasteiger partial charge in [-0.3, -0.25) is 0 Å². The van der Waals surface area contributed by atoms with Crippen molar-refractivity contribution in [3.05, 3.63) is 58.8 Å².